The summed E-state index contributed by atoms with van der Waals surface area (Å²) in [5, 5.41) is 0. The molecule has 0 unspecified atom stereocenters. The Labute approximate surface area is 62.7 Å². The number of rotatable bonds is 4. The van der Waals surface area contributed by atoms with E-state index in [4.69, 9.17) is 0 Å². The molecule has 0 atom stereocenters. The molecule has 0 rings (SSSR count). The molecule has 0 aliphatic heterocycles. The molecule has 0 saturated carbocycles. The molecule has 0 aromatic heterocycles. The molecule has 0 N–H and O–H groups in total. The molecule has 0 saturated heterocycles. The topological polar surface area (TPSA) is 0 Å². The third-order valence-corrected chi connectivity index (χ3v) is 2.09. The number of allylic oxidation sites excluding steroid dienone is 2. The zero-order chi connectivity index (χ0) is 7.11. The van der Waals surface area contributed by atoms with Crippen LogP contribution in [-0.4, -0.2) is 6.26 Å². The molecule has 0 heterocycles. The van der Waals surface area contributed by atoms with Crippen LogP contribution in [0.3, 0.4) is 0 Å². The van der Waals surface area contributed by atoms with Gasteiger partial charge in [-0.3, -0.25) is 0 Å². The van der Waals surface area contributed by atoms with Crippen molar-refractivity contribution in [3.63, 3.8) is 0 Å². The smallest absolute Gasteiger partial charge is 0.0140 e. The monoisotopic (exact) mass is 144 g/mol. The minimum Gasteiger partial charge on any atom is -0.134 e. The normalized spacial score (nSPS) is 12.1. The molecular weight excluding hydrogens is 128 g/mol. The Morgan fingerprint density at radius 3 is 2.44 bits per heavy atom. The summed E-state index contributed by atoms with van der Waals surface area (Å²) >= 11 is 1.88. The maximum absolute atomic E-state index is 2.31. The average molecular weight is 144 g/mol. The Balaban J connectivity index is 3.53. The summed E-state index contributed by atoms with van der Waals surface area (Å²) in [6.45, 7) is 4.41. The van der Waals surface area contributed by atoms with E-state index in [1.54, 1.807) is 4.91 Å². The molecule has 0 aliphatic carbocycles. The Morgan fingerprint density at radius 1 is 1.44 bits per heavy atom. The molecule has 0 nitrogen and oxygen atoms in total. The minimum atomic E-state index is 1.18. The lowest BCUT2D eigenvalue weighted by Gasteiger charge is -1.98. The molecule has 0 spiro atoms. The fraction of sp³-hybridized carbons (Fsp3) is 0.750. The Kier molecular flexibility index (Phi) is 6.28. The first-order valence-corrected chi connectivity index (χ1v) is 4.80. The van der Waals surface area contributed by atoms with E-state index in [0.29, 0.717) is 0 Å². The summed E-state index contributed by atoms with van der Waals surface area (Å²) in [6.07, 6.45) is 8.17. The maximum Gasteiger partial charge on any atom is -0.0140 e. The van der Waals surface area contributed by atoms with Crippen LogP contribution in [0.25, 0.3) is 0 Å². The van der Waals surface area contributed by atoms with E-state index in [2.05, 4.69) is 26.2 Å². The highest BCUT2D eigenvalue weighted by Gasteiger charge is 1.89. The Bertz CT molecular complexity index is 84.6. The van der Waals surface area contributed by atoms with Gasteiger partial charge in [-0.25, -0.2) is 0 Å². The van der Waals surface area contributed by atoms with Crippen molar-refractivity contribution in [3.05, 3.63) is 11.0 Å². The van der Waals surface area contributed by atoms with E-state index in [0.717, 1.165) is 0 Å². The summed E-state index contributed by atoms with van der Waals surface area (Å²) in [6, 6.07) is 0. The lowest BCUT2D eigenvalue weighted by Crippen LogP contribution is -1.73. The highest BCUT2D eigenvalue weighted by molar-refractivity contribution is 8.02. The van der Waals surface area contributed by atoms with Crippen molar-refractivity contribution < 1.29 is 0 Å². The van der Waals surface area contributed by atoms with Crippen LogP contribution in [0.5, 0.6) is 0 Å². The van der Waals surface area contributed by atoms with Crippen LogP contribution >= 0.6 is 11.8 Å². The van der Waals surface area contributed by atoms with E-state index in [1.165, 1.54) is 19.3 Å². The van der Waals surface area contributed by atoms with Crippen molar-refractivity contribution in [3.8, 4) is 0 Å². The van der Waals surface area contributed by atoms with Gasteiger partial charge in [0.05, 0.1) is 0 Å². The number of thioether (sulfide) groups is 1. The standard InChI is InChI=1S/C8H16S/c1-4-6-8(9-3)7-5-2/h6H,4-5,7H2,1-3H3/b8-6+. The van der Waals surface area contributed by atoms with E-state index < -0.39 is 0 Å². The predicted octanol–water partition coefficient (Wildman–Crippen LogP) is 3.44. The van der Waals surface area contributed by atoms with Gasteiger partial charge < -0.3 is 0 Å². The van der Waals surface area contributed by atoms with Gasteiger partial charge in [0.15, 0.2) is 0 Å². The average Bonchev–Trinajstić information content (AvgIpc) is 1.88. The van der Waals surface area contributed by atoms with Crippen molar-refractivity contribution in [2.24, 2.45) is 0 Å². The molecular formula is C8H16S. The second kappa shape index (κ2) is 6.21. The van der Waals surface area contributed by atoms with Gasteiger partial charge in [-0.2, -0.15) is 0 Å². The summed E-state index contributed by atoms with van der Waals surface area (Å²) < 4.78 is 0. The summed E-state index contributed by atoms with van der Waals surface area (Å²) in [4.78, 5) is 1.54. The molecule has 0 aromatic rings. The fourth-order valence-electron chi connectivity index (χ4n) is 0.762. The molecule has 0 aliphatic rings. The summed E-state index contributed by atoms with van der Waals surface area (Å²) in [7, 11) is 0. The summed E-state index contributed by atoms with van der Waals surface area (Å²) in [5.74, 6) is 0. The van der Waals surface area contributed by atoms with E-state index in [-0.39, 0.29) is 0 Å². The van der Waals surface area contributed by atoms with Crippen molar-refractivity contribution in [2.75, 3.05) is 6.26 Å². The van der Waals surface area contributed by atoms with Gasteiger partial charge in [-0.15, -0.1) is 11.8 Å². The van der Waals surface area contributed by atoms with E-state index in [9.17, 15) is 0 Å². The molecule has 0 aromatic carbocycles. The SMILES string of the molecule is CC/C=C(\CCC)SC. The second-order valence-corrected chi connectivity index (χ2v) is 2.97. The van der Waals surface area contributed by atoms with Crippen molar-refractivity contribution in [2.45, 2.75) is 33.1 Å². The Morgan fingerprint density at radius 2 is 2.11 bits per heavy atom. The second-order valence-electron chi connectivity index (χ2n) is 2.03. The van der Waals surface area contributed by atoms with Crippen LogP contribution in [0, 0.1) is 0 Å². The van der Waals surface area contributed by atoms with E-state index >= 15 is 0 Å². The first-order valence-electron chi connectivity index (χ1n) is 3.58. The van der Waals surface area contributed by atoms with Gasteiger partial charge in [0, 0.05) is 0 Å². The lowest BCUT2D eigenvalue weighted by molar-refractivity contribution is 0.940. The molecule has 0 bridgehead atoms. The first kappa shape index (κ1) is 9.09. The Hall–Kier alpha value is 0.0900. The predicted molar refractivity (Wildman–Crippen MR) is 46.8 cm³/mol. The van der Waals surface area contributed by atoms with Crippen LogP contribution < -0.4 is 0 Å². The van der Waals surface area contributed by atoms with Crippen LogP contribution in [0.4, 0.5) is 0 Å². The molecule has 0 amide bonds. The van der Waals surface area contributed by atoms with Crippen LogP contribution in [0.2, 0.25) is 0 Å². The largest absolute Gasteiger partial charge is 0.134 e. The maximum atomic E-state index is 2.31. The van der Waals surface area contributed by atoms with Gasteiger partial charge in [-0.1, -0.05) is 26.3 Å². The van der Waals surface area contributed by atoms with Crippen molar-refractivity contribution >= 4 is 11.8 Å². The van der Waals surface area contributed by atoms with Crippen LogP contribution in [-0.2, 0) is 0 Å². The van der Waals surface area contributed by atoms with Gasteiger partial charge in [-0.05, 0) is 24.0 Å². The number of hydrogen-bond acceptors (Lipinski definition) is 1. The molecule has 0 fully saturated rings. The van der Waals surface area contributed by atoms with Crippen molar-refractivity contribution in [1.82, 2.24) is 0 Å². The van der Waals surface area contributed by atoms with Crippen LogP contribution in [0.15, 0.2) is 11.0 Å². The van der Waals surface area contributed by atoms with Crippen molar-refractivity contribution in [1.29, 1.82) is 0 Å². The summed E-state index contributed by atoms with van der Waals surface area (Å²) in [5.41, 5.74) is 0. The van der Waals surface area contributed by atoms with Gasteiger partial charge >= 0.3 is 0 Å². The first-order chi connectivity index (χ1) is 4.35. The lowest BCUT2D eigenvalue weighted by atomic mass is 10.3. The third-order valence-electron chi connectivity index (χ3n) is 1.19. The van der Waals surface area contributed by atoms with Crippen LogP contribution in [0.1, 0.15) is 33.1 Å². The molecule has 0 radical (unpaired) electrons. The fourth-order valence-corrected chi connectivity index (χ4v) is 1.50. The highest BCUT2D eigenvalue weighted by atomic mass is 32.2. The van der Waals surface area contributed by atoms with Gasteiger partial charge in [0.25, 0.3) is 0 Å². The molecule has 9 heavy (non-hydrogen) atoms. The zero-order valence-corrected chi connectivity index (χ0v) is 7.42. The number of hydrogen-bond donors (Lipinski definition) is 0. The molecule has 54 valence electrons. The molecule has 1 heteroatoms. The third kappa shape index (κ3) is 4.58. The van der Waals surface area contributed by atoms with E-state index in [1.807, 2.05) is 11.8 Å². The highest BCUT2D eigenvalue weighted by Crippen LogP contribution is 2.17. The van der Waals surface area contributed by atoms with Gasteiger partial charge in [0.1, 0.15) is 0 Å². The zero-order valence-electron chi connectivity index (χ0n) is 6.61. The minimum absolute atomic E-state index is 1.18. The van der Waals surface area contributed by atoms with Gasteiger partial charge in [0.2, 0.25) is 0 Å². The quantitative estimate of drug-likeness (QED) is 0.582.